The molecule has 1 aromatic rings. The summed E-state index contributed by atoms with van der Waals surface area (Å²) in [7, 11) is 1.23. The van der Waals surface area contributed by atoms with Gasteiger partial charge in [-0.05, 0) is 23.6 Å². The van der Waals surface area contributed by atoms with Gasteiger partial charge in [-0.25, -0.2) is 9.18 Å². The Bertz CT molecular complexity index is 431. The highest BCUT2D eigenvalue weighted by Crippen LogP contribution is 2.35. The van der Waals surface area contributed by atoms with E-state index in [4.69, 9.17) is 0 Å². The summed E-state index contributed by atoms with van der Waals surface area (Å²) in [6.45, 7) is 5.14. The monoisotopic (exact) mass is 254 g/mol. The van der Waals surface area contributed by atoms with Gasteiger partial charge in [-0.3, -0.25) is 0 Å². The topological polar surface area (TPSA) is 46.5 Å². The second-order valence-electron chi connectivity index (χ2n) is 4.75. The lowest BCUT2D eigenvalue weighted by Gasteiger charge is -2.35. The van der Waals surface area contributed by atoms with Gasteiger partial charge in [0.25, 0.3) is 0 Å². The molecule has 0 saturated heterocycles. The van der Waals surface area contributed by atoms with E-state index in [1.165, 1.54) is 19.2 Å². The molecular weight excluding hydrogens is 235 g/mol. The lowest BCUT2D eigenvalue weighted by molar-refractivity contribution is -0.170. The summed E-state index contributed by atoms with van der Waals surface area (Å²) >= 11 is 0. The second kappa shape index (κ2) is 5.48. The number of carbonyl (C=O) groups is 1. The van der Waals surface area contributed by atoms with Crippen molar-refractivity contribution in [3.63, 3.8) is 0 Å². The normalized spacial score (nSPS) is 16.2. The Kier molecular flexibility index (Phi) is 4.46. The van der Waals surface area contributed by atoms with Gasteiger partial charge in [0.15, 0.2) is 5.60 Å². The molecule has 4 heteroatoms. The lowest BCUT2D eigenvalue weighted by Crippen LogP contribution is -2.49. The van der Waals surface area contributed by atoms with Crippen LogP contribution < -0.4 is 0 Å². The van der Waals surface area contributed by atoms with Crippen LogP contribution in [-0.4, -0.2) is 23.8 Å². The van der Waals surface area contributed by atoms with Crippen LogP contribution in [0, 0.1) is 11.7 Å². The quantitative estimate of drug-likeness (QED) is 0.840. The minimum absolute atomic E-state index is 0.344. The molecule has 0 saturated carbocycles. The number of ether oxygens (including phenoxy) is 1. The molecule has 18 heavy (non-hydrogen) atoms. The van der Waals surface area contributed by atoms with E-state index in [0.29, 0.717) is 5.56 Å². The van der Waals surface area contributed by atoms with Crippen LogP contribution in [0.25, 0.3) is 0 Å². The van der Waals surface area contributed by atoms with Crippen LogP contribution in [0.5, 0.6) is 0 Å². The number of carbonyl (C=O) groups excluding carboxylic acids is 1. The summed E-state index contributed by atoms with van der Waals surface area (Å²) in [5, 5.41) is 10.6. The summed E-state index contributed by atoms with van der Waals surface area (Å²) < 4.78 is 17.9. The number of esters is 1. The van der Waals surface area contributed by atoms with E-state index in [2.05, 4.69) is 4.74 Å². The fraction of sp³-hybridized carbons (Fsp3) is 0.500. The van der Waals surface area contributed by atoms with Gasteiger partial charge >= 0.3 is 5.97 Å². The van der Waals surface area contributed by atoms with Gasteiger partial charge in [-0.15, -0.1) is 0 Å². The first-order valence-electron chi connectivity index (χ1n) is 5.90. The molecule has 0 aromatic heterocycles. The highest BCUT2D eigenvalue weighted by molar-refractivity contribution is 5.81. The number of benzene rings is 1. The average molecular weight is 254 g/mol. The number of hydrogen-bond donors (Lipinski definition) is 1. The molecule has 0 bridgehead atoms. The van der Waals surface area contributed by atoms with Gasteiger partial charge in [0.05, 0.1) is 7.11 Å². The fourth-order valence-corrected chi connectivity index (χ4v) is 2.11. The standard InChI is InChI=1S/C14H19FO3/c1-9(2)14(17,13(16)18-4)10(3)11-6-5-7-12(15)8-11/h5-10,17H,1-4H3. The largest absolute Gasteiger partial charge is 0.467 e. The maximum absolute atomic E-state index is 13.2. The molecule has 0 amide bonds. The molecule has 0 heterocycles. The first-order chi connectivity index (χ1) is 8.33. The molecule has 1 aromatic carbocycles. The molecule has 3 nitrogen and oxygen atoms in total. The summed E-state index contributed by atoms with van der Waals surface area (Å²) in [5.74, 6) is -1.99. The Labute approximate surface area is 107 Å². The van der Waals surface area contributed by atoms with Crippen molar-refractivity contribution in [3.05, 3.63) is 35.6 Å². The van der Waals surface area contributed by atoms with Crippen LogP contribution in [0.15, 0.2) is 24.3 Å². The van der Waals surface area contributed by atoms with Crippen molar-refractivity contribution in [2.45, 2.75) is 32.3 Å². The van der Waals surface area contributed by atoms with Gasteiger partial charge in [0.2, 0.25) is 0 Å². The summed E-state index contributed by atoms with van der Waals surface area (Å²) in [6.07, 6.45) is 0. The van der Waals surface area contributed by atoms with Crippen molar-refractivity contribution in [2.75, 3.05) is 7.11 Å². The van der Waals surface area contributed by atoms with E-state index >= 15 is 0 Å². The van der Waals surface area contributed by atoms with E-state index in [0.717, 1.165) is 0 Å². The van der Waals surface area contributed by atoms with Gasteiger partial charge in [-0.2, -0.15) is 0 Å². The Morgan fingerprint density at radius 1 is 1.39 bits per heavy atom. The Morgan fingerprint density at radius 2 is 2.00 bits per heavy atom. The highest BCUT2D eigenvalue weighted by Gasteiger charge is 2.46. The van der Waals surface area contributed by atoms with Crippen molar-refractivity contribution in [1.82, 2.24) is 0 Å². The minimum atomic E-state index is -1.66. The smallest absolute Gasteiger partial charge is 0.338 e. The SMILES string of the molecule is COC(=O)C(O)(C(C)C)C(C)c1cccc(F)c1. The van der Waals surface area contributed by atoms with Gasteiger partial charge < -0.3 is 9.84 Å². The molecule has 0 aliphatic heterocycles. The third-order valence-electron chi connectivity index (χ3n) is 3.40. The number of aliphatic hydroxyl groups is 1. The summed E-state index contributed by atoms with van der Waals surface area (Å²) in [4.78, 5) is 11.8. The summed E-state index contributed by atoms with van der Waals surface area (Å²) in [6, 6.07) is 5.88. The maximum atomic E-state index is 13.2. The zero-order valence-electron chi connectivity index (χ0n) is 11.1. The summed E-state index contributed by atoms with van der Waals surface area (Å²) in [5.41, 5.74) is -1.10. The van der Waals surface area contributed by atoms with Gasteiger partial charge in [-0.1, -0.05) is 32.9 Å². The zero-order chi connectivity index (χ0) is 13.9. The molecule has 0 aliphatic rings. The Hall–Kier alpha value is -1.42. The molecule has 0 radical (unpaired) electrons. The number of hydrogen-bond acceptors (Lipinski definition) is 3. The lowest BCUT2D eigenvalue weighted by atomic mass is 9.76. The first kappa shape index (κ1) is 14.6. The minimum Gasteiger partial charge on any atom is -0.467 e. The maximum Gasteiger partial charge on any atom is 0.338 e. The van der Waals surface area contributed by atoms with Gasteiger partial charge in [0, 0.05) is 5.92 Å². The van der Waals surface area contributed by atoms with Crippen LogP contribution in [-0.2, 0) is 9.53 Å². The number of rotatable bonds is 4. The Morgan fingerprint density at radius 3 is 2.44 bits per heavy atom. The van der Waals surface area contributed by atoms with Crippen molar-refractivity contribution >= 4 is 5.97 Å². The molecule has 0 spiro atoms. The van der Waals surface area contributed by atoms with Crippen LogP contribution >= 0.6 is 0 Å². The molecule has 0 fully saturated rings. The first-order valence-corrected chi connectivity index (χ1v) is 5.90. The van der Waals surface area contributed by atoms with E-state index in [-0.39, 0.29) is 5.92 Å². The van der Waals surface area contributed by atoms with Crippen molar-refractivity contribution < 1.29 is 19.0 Å². The van der Waals surface area contributed by atoms with Crippen molar-refractivity contribution in [1.29, 1.82) is 0 Å². The predicted molar refractivity (Wildman–Crippen MR) is 66.6 cm³/mol. The van der Waals surface area contributed by atoms with E-state index in [9.17, 15) is 14.3 Å². The molecule has 2 atom stereocenters. The second-order valence-corrected chi connectivity index (χ2v) is 4.75. The molecule has 100 valence electrons. The zero-order valence-corrected chi connectivity index (χ0v) is 11.1. The van der Waals surface area contributed by atoms with Crippen LogP contribution in [0.3, 0.4) is 0 Å². The fourth-order valence-electron chi connectivity index (χ4n) is 2.11. The molecule has 0 aliphatic carbocycles. The third kappa shape index (κ3) is 2.53. The number of methoxy groups -OCH3 is 1. The van der Waals surface area contributed by atoms with Crippen LogP contribution in [0.1, 0.15) is 32.3 Å². The predicted octanol–water partition coefficient (Wildman–Crippen LogP) is 2.49. The average Bonchev–Trinajstić information content (AvgIpc) is 2.35. The van der Waals surface area contributed by atoms with E-state index < -0.39 is 23.3 Å². The molecular formula is C14H19FO3. The Balaban J connectivity index is 3.19. The molecule has 1 rings (SSSR count). The van der Waals surface area contributed by atoms with Crippen molar-refractivity contribution in [3.8, 4) is 0 Å². The van der Waals surface area contributed by atoms with Crippen LogP contribution in [0.4, 0.5) is 4.39 Å². The van der Waals surface area contributed by atoms with Crippen molar-refractivity contribution in [2.24, 2.45) is 5.92 Å². The molecule has 1 N–H and O–H groups in total. The molecule has 2 unspecified atom stereocenters. The van der Waals surface area contributed by atoms with Gasteiger partial charge in [0.1, 0.15) is 5.82 Å². The number of halogens is 1. The van der Waals surface area contributed by atoms with E-state index in [1.54, 1.807) is 32.9 Å². The third-order valence-corrected chi connectivity index (χ3v) is 3.40. The highest BCUT2D eigenvalue weighted by atomic mass is 19.1. The van der Waals surface area contributed by atoms with E-state index in [1.807, 2.05) is 0 Å². The van der Waals surface area contributed by atoms with Crippen LogP contribution in [0.2, 0.25) is 0 Å².